The van der Waals surface area contributed by atoms with Crippen molar-refractivity contribution in [2.24, 2.45) is 5.16 Å². The highest BCUT2D eigenvalue weighted by Gasteiger charge is 2.16. The number of aryl methyl sites for hydroxylation is 1. The highest BCUT2D eigenvalue weighted by molar-refractivity contribution is 6.11. The number of carboxylic acid groups (broad SMARTS) is 1. The molecule has 2 heterocycles. The monoisotopic (exact) mass is 561 g/mol. The third-order valence-corrected chi connectivity index (χ3v) is 7.40. The van der Waals surface area contributed by atoms with Crippen LogP contribution in [0.25, 0.3) is 11.0 Å². The minimum Gasteiger partial charge on any atom is -0.478 e. The lowest BCUT2D eigenvalue weighted by Crippen LogP contribution is -2.08. The third kappa shape index (κ3) is 7.26. The molecule has 0 saturated heterocycles. The predicted octanol–water partition coefficient (Wildman–Crippen LogP) is 7.10. The van der Waals surface area contributed by atoms with Crippen molar-refractivity contribution in [3.63, 3.8) is 0 Å². The van der Waals surface area contributed by atoms with Gasteiger partial charge in [0.2, 0.25) is 0 Å². The van der Waals surface area contributed by atoms with E-state index in [4.69, 9.17) is 15.6 Å². The lowest BCUT2D eigenvalue weighted by atomic mass is 9.90. The molecule has 0 radical (unpaired) electrons. The van der Waals surface area contributed by atoms with E-state index in [0.717, 1.165) is 40.1 Å². The smallest absolute Gasteiger partial charge is 0.336 e. The number of pyridine rings is 1. The van der Waals surface area contributed by atoms with Gasteiger partial charge in [-0.25, -0.2) is 9.78 Å². The summed E-state index contributed by atoms with van der Waals surface area (Å²) in [6, 6.07) is 22.9. The fraction of sp³-hybridized carbons (Fsp3) is 0.206. The van der Waals surface area contributed by atoms with Crippen LogP contribution >= 0.6 is 0 Å². The Morgan fingerprint density at radius 2 is 1.38 bits per heavy atom. The van der Waals surface area contributed by atoms with E-state index in [1.54, 1.807) is 30.3 Å². The van der Waals surface area contributed by atoms with Gasteiger partial charge in [0, 0.05) is 24.5 Å². The number of nitrogens with zero attached hydrogens (tertiary/aromatic N) is 5. The maximum Gasteiger partial charge on any atom is 0.336 e. The minimum absolute atomic E-state index is 0.0330. The molecule has 0 aliphatic rings. The molecule has 8 heteroatoms. The summed E-state index contributed by atoms with van der Waals surface area (Å²) in [5, 5.41) is 28.7. The Morgan fingerprint density at radius 1 is 0.833 bits per heavy atom. The van der Waals surface area contributed by atoms with Gasteiger partial charge in [-0.15, -0.1) is 0 Å². The van der Waals surface area contributed by atoms with Crippen LogP contribution in [-0.2, 0) is 6.54 Å². The summed E-state index contributed by atoms with van der Waals surface area (Å²) in [6.45, 7) is 12.6. The van der Waals surface area contributed by atoms with Crippen molar-refractivity contribution in [1.29, 1.82) is 5.26 Å². The average Bonchev–Trinajstić information content (AvgIpc) is 3.32. The molecule has 2 aromatic heterocycles. The number of fused-ring (bicyclic) bond motifs is 1. The summed E-state index contributed by atoms with van der Waals surface area (Å²) in [6.07, 6.45) is 3.65. The first kappa shape index (κ1) is 31.2. The molecule has 3 aromatic carbocycles. The number of oxime groups is 1. The first-order chi connectivity index (χ1) is 20.1. The van der Waals surface area contributed by atoms with E-state index >= 15 is 0 Å². The van der Waals surface area contributed by atoms with E-state index in [-0.39, 0.29) is 5.71 Å². The van der Waals surface area contributed by atoms with Crippen molar-refractivity contribution >= 4 is 22.7 Å². The molecule has 0 amide bonds. The van der Waals surface area contributed by atoms with E-state index in [1.807, 2.05) is 90.3 Å². The lowest BCUT2D eigenvalue weighted by Gasteiger charge is -2.15. The number of benzene rings is 3. The second-order valence-electron chi connectivity index (χ2n) is 9.82. The largest absolute Gasteiger partial charge is 0.478 e. The number of carbonyl (C=O) groups is 1. The van der Waals surface area contributed by atoms with Crippen molar-refractivity contribution < 1.29 is 15.1 Å². The molecule has 0 bridgehead atoms. The van der Waals surface area contributed by atoms with Crippen molar-refractivity contribution in [3.8, 4) is 6.07 Å². The van der Waals surface area contributed by atoms with Crippen LogP contribution in [0.1, 0.15) is 55.1 Å². The number of hydrogen-bond donors (Lipinski definition) is 2. The Labute approximate surface area is 246 Å². The van der Waals surface area contributed by atoms with Crippen LogP contribution in [0.2, 0.25) is 0 Å². The Balaban J connectivity index is 0.000000178. The summed E-state index contributed by atoms with van der Waals surface area (Å²) >= 11 is 0. The normalized spacial score (nSPS) is 10.6. The molecule has 0 spiro atoms. The molecule has 5 aromatic rings. The van der Waals surface area contributed by atoms with Gasteiger partial charge >= 0.3 is 5.97 Å². The molecule has 0 unspecified atom stereocenters. The molecular formula is C34H35N5O3. The third-order valence-electron chi connectivity index (χ3n) is 7.40. The van der Waals surface area contributed by atoms with Gasteiger partial charge in [-0.3, -0.25) is 4.98 Å². The number of aromatic carboxylic acids is 1. The van der Waals surface area contributed by atoms with E-state index in [0.29, 0.717) is 11.1 Å². The summed E-state index contributed by atoms with van der Waals surface area (Å²) in [7, 11) is 0. The molecule has 0 aliphatic heterocycles. The molecular weight excluding hydrogens is 526 g/mol. The van der Waals surface area contributed by atoms with Crippen LogP contribution < -0.4 is 0 Å². The summed E-state index contributed by atoms with van der Waals surface area (Å²) < 4.78 is 2.23. The van der Waals surface area contributed by atoms with Gasteiger partial charge < -0.3 is 14.9 Å². The molecule has 0 fully saturated rings. The first-order valence-corrected chi connectivity index (χ1v) is 13.4. The van der Waals surface area contributed by atoms with E-state index in [9.17, 15) is 4.79 Å². The van der Waals surface area contributed by atoms with Gasteiger partial charge in [-0.2, -0.15) is 5.26 Å². The summed E-state index contributed by atoms with van der Waals surface area (Å²) in [5.41, 5.74) is 9.75. The van der Waals surface area contributed by atoms with E-state index in [1.165, 1.54) is 16.6 Å². The van der Waals surface area contributed by atoms with Gasteiger partial charge in [0.1, 0.15) is 11.9 Å². The van der Waals surface area contributed by atoms with Gasteiger partial charge in [0.25, 0.3) is 0 Å². The fourth-order valence-corrected chi connectivity index (χ4v) is 4.63. The van der Waals surface area contributed by atoms with Crippen LogP contribution in [0.15, 0.2) is 84.3 Å². The van der Waals surface area contributed by atoms with Crippen LogP contribution in [0, 0.1) is 52.9 Å². The van der Waals surface area contributed by atoms with Crippen LogP contribution in [0.4, 0.5) is 0 Å². The number of imidazole rings is 1. The zero-order chi connectivity index (χ0) is 30.8. The second kappa shape index (κ2) is 14.4. The SMILES string of the molecule is Cc1c(C)c(C)c(C(=O)O)c(C)c1C.Cc1nc2ccccc2n1Cc1ccncc1.N#C/C(=N\O)c1ccccc1. The Kier molecular flexibility index (Phi) is 10.7. The highest BCUT2D eigenvalue weighted by atomic mass is 16.4. The summed E-state index contributed by atoms with van der Waals surface area (Å²) in [5.74, 6) is 0.217. The van der Waals surface area contributed by atoms with E-state index < -0.39 is 5.97 Å². The molecule has 2 N–H and O–H groups in total. The molecule has 214 valence electrons. The quantitative estimate of drug-likeness (QED) is 0.137. The minimum atomic E-state index is -0.828. The number of carboxylic acids is 1. The molecule has 42 heavy (non-hydrogen) atoms. The second-order valence-corrected chi connectivity index (χ2v) is 9.82. The van der Waals surface area contributed by atoms with Gasteiger partial charge in [-0.1, -0.05) is 47.6 Å². The standard InChI is InChI=1S/C14H13N3.C12H16O2.C8H6N2O/c1-11-16-13-4-2-3-5-14(13)17(11)10-12-6-8-15-9-7-12;1-6-7(2)9(4)11(12(13)14)10(5)8(6)3;9-6-8(10-11)7-4-2-1-3-5-7/h2-9H,10H2,1H3;1-5H3,(H,13,14);1-5,11H/b;;10-8+. The Bertz CT molecular complexity index is 1720. The average molecular weight is 562 g/mol. The van der Waals surface area contributed by atoms with Crippen LogP contribution in [0.5, 0.6) is 0 Å². The van der Waals surface area contributed by atoms with Crippen molar-refractivity contribution in [1.82, 2.24) is 14.5 Å². The zero-order valence-corrected chi connectivity index (χ0v) is 24.8. The van der Waals surface area contributed by atoms with E-state index in [2.05, 4.69) is 25.8 Å². The molecule has 0 aliphatic carbocycles. The Morgan fingerprint density at radius 3 is 1.93 bits per heavy atom. The topological polar surface area (TPSA) is 124 Å². The number of hydrogen-bond acceptors (Lipinski definition) is 6. The molecule has 0 saturated carbocycles. The molecule has 0 atom stereocenters. The maximum absolute atomic E-state index is 11.1. The van der Waals surface area contributed by atoms with Crippen molar-refractivity contribution in [2.75, 3.05) is 0 Å². The summed E-state index contributed by atoms with van der Waals surface area (Å²) in [4.78, 5) is 19.6. The number of aromatic nitrogens is 3. The molecule has 8 nitrogen and oxygen atoms in total. The molecule has 5 rings (SSSR count). The predicted molar refractivity (Wildman–Crippen MR) is 165 cm³/mol. The van der Waals surface area contributed by atoms with Crippen LogP contribution in [-0.4, -0.2) is 36.5 Å². The Hall–Kier alpha value is -5.29. The first-order valence-electron chi connectivity index (χ1n) is 13.4. The van der Waals surface area contributed by atoms with Crippen molar-refractivity contribution in [2.45, 2.75) is 48.1 Å². The highest BCUT2D eigenvalue weighted by Crippen LogP contribution is 2.25. The number of para-hydroxylation sites is 2. The van der Waals surface area contributed by atoms with Gasteiger partial charge in [-0.05, 0) is 99.2 Å². The van der Waals surface area contributed by atoms with Crippen molar-refractivity contribution in [3.05, 3.63) is 129 Å². The zero-order valence-electron chi connectivity index (χ0n) is 24.8. The number of rotatable bonds is 4. The fourth-order valence-electron chi connectivity index (χ4n) is 4.63. The lowest BCUT2D eigenvalue weighted by molar-refractivity contribution is 0.0695. The van der Waals surface area contributed by atoms with Gasteiger partial charge in [0.05, 0.1) is 16.6 Å². The maximum atomic E-state index is 11.1. The number of nitriles is 1. The van der Waals surface area contributed by atoms with Crippen LogP contribution in [0.3, 0.4) is 0 Å². The van der Waals surface area contributed by atoms with Gasteiger partial charge in [0.15, 0.2) is 5.71 Å².